The summed E-state index contributed by atoms with van der Waals surface area (Å²) >= 11 is 0. The van der Waals surface area contributed by atoms with E-state index in [1.54, 1.807) is 0 Å². The highest BCUT2D eigenvalue weighted by atomic mass is 15.3. The smallest absolute Gasteiger partial charge is 0.0252 e. The van der Waals surface area contributed by atoms with Gasteiger partial charge in [0.15, 0.2) is 0 Å². The Morgan fingerprint density at radius 3 is 2.35 bits per heavy atom. The second-order valence-electron chi connectivity index (χ2n) is 7.03. The highest BCUT2D eigenvalue weighted by Crippen LogP contribution is 2.32. The Bertz CT molecular complexity index is 256. The molecule has 0 bridgehead atoms. The summed E-state index contributed by atoms with van der Waals surface area (Å²) in [4.78, 5) is 2.91. The van der Waals surface area contributed by atoms with Gasteiger partial charge in [-0.05, 0) is 38.0 Å². The van der Waals surface area contributed by atoms with Crippen LogP contribution in [0, 0.1) is 5.92 Å². The van der Waals surface area contributed by atoms with E-state index in [0.717, 1.165) is 24.0 Å². The maximum absolute atomic E-state index is 3.86. The predicted molar refractivity (Wildman–Crippen MR) is 88.1 cm³/mol. The molecule has 0 amide bonds. The minimum atomic E-state index is 0.737. The average Bonchev–Trinajstić information content (AvgIpc) is 2.50. The van der Waals surface area contributed by atoms with E-state index in [1.165, 1.54) is 70.9 Å². The molecular formula is C18H36N2. The van der Waals surface area contributed by atoms with Crippen LogP contribution in [0.2, 0.25) is 0 Å². The Balaban J connectivity index is 2.03. The lowest BCUT2D eigenvalue weighted by atomic mass is 9.81. The monoisotopic (exact) mass is 280 g/mol. The van der Waals surface area contributed by atoms with Crippen LogP contribution in [0.5, 0.6) is 0 Å². The summed E-state index contributed by atoms with van der Waals surface area (Å²) in [6, 6.07) is 2.36. The number of hydrogen-bond acceptors (Lipinski definition) is 2. The molecule has 1 N–H and O–H groups in total. The summed E-state index contributed by atoms with van der Waals surface area (Å²) in [5, 5.41) is 3.86. The molecule has 0 spiro atoms. The van der Waals surface area contributed by atoms with Gasteiger partial charge in [0.05, 0.1) is 0 Å². The number of rotatable bonds is 6. The van der Waals surface area contributed by atoms with Gasteiger partial charge in [-0.2, -0.15) is 0 Å². The van der Waals surface area contributed by atoms with Crippen molar-refractivity contribution in [3.05, 3.63) is 0 Å². The average molecular weight is 280 g/mol. The maximum Gasteiger partial charge on any atom is 0.0252 e. The van der Waals surface area contributed by atoms with E-state index in [9.17, 15) is 0 Å². The fourth-order valence-corrected chi connectivity index (χ4v) is 4.53. The fourth-order valence-electron chi connectivity index (χ4n) is 4.53. The first-order valence-corrected chi connectivity index (χ1v) is 9.29. The molecule has 1 saturated carbocycles. The number of nitrogens with zero attached hydrogens (tertiary/aromatic N) is 1. The molecule has 2 heteroatoms. The van der Waals surface area contributed by atoms with Gasteiger partial charge in [0, 0.05) is 31.2 Å². The van der Waals surface area contributed by atoms with Gasteiger partial charge in [-0.1, -0.05) is 46.5 Å². The topological polar surface area (TPSA) is 15.3 Å². The second kappa shape index (κ2) is 8.38. The largest absolute Gasteiger partial charge is 0.311 e. The number of nitrogens with one attached hydrogen (secondary N) is 1. The van der Waals surface area contributed by atoms with Crippen molar-refractivity contribution in [3.8, 4) is 0 Å². The summed E-state index contributed by atoms with van der Waals surface area (Å²) in [6.07, 6.45) is 12.6. The predicted octanol–water partition coefficient (Wildman–Crippen LogP) is 4.20. The Kier molecular flexibility index (Phi) is 6.83. The van der Waals surface area contributed by atoms with Crippen LogP contribution < -0.4 is 5.32 Å². The highest BCUT2D eigenvalue weighted by molar-refractivity contribution is 4.93. The first-order chi connectivity index (χ1) is 9.80. The quantitative estimate of drug-likeness (QED) is 0.784. The lowest BCUT2D eigenvalue weighted by Gasteiger charge is -2.48. The molecule has 2 fully saturated rings. The van der Waals surface area contributed by atoms with E-state index in [1.807, 2.05) is 0 Å². The molecule has 1 heterocycles. The van der Waals surface area contributed by atoms with E-state index in [2.05, 4.69) is 31.0 Å². The van der Waals surface area contributed by atoms with E-state index in [-0.39, 0.29) is 0 Å². The summed E-state index contributed by atoms with van der Waals surface area (Å²) < 4.78 is 0. The van der Waals surface area contributed by atoms with Gasteiger partial charge in [0.25, 0.3) is 0 Å². The van der Waals surface area contributed by atoms with E-state index in [4.69, 9.17) is 0 Å². The molecule has 2 aliphatic rings. The Morgan fingerprint density at radius 2 is 1.75 bits per heavy atom. The van der Waals surface area contributed by atoms with Gasteiger partial charge in [-0.25, -0.2) is 0 Å². The van der Waals surface area contributed by atoms with Gasteiger partial charge < -0.3 is 5.32 Å². The summed E-state index contributed by atoms with van der Waals surface area (Å²) in [7, 11) is 0. The maximum atomic E-state index is 3.86. The van der Waals surface area contributed by atoms with Crippen molar-refractivity contribution in [2.45, 2.75) is 96.7 Å². The van der Waals surface area contributed by atoms with Crippen molar-refractivity contribution >= 4 is 0 Å². The van der Waals surface area contributed by atoms with Crippen molar-refractivity contribution in [2.75, 3.05) is 13.1 Å². The molecule has 118 valence electrons. The van der Waals surface area contributed by atoms with Crippen LogP contribution in [0.15, 0.2) is 0 Å². The molecule has 1 saturated heterocycles. The summed E-state index contributed by atoms with van der Waals surface area (Å²) in [5.41, 5.74) is 0. The molecule has 20 heavy (non-hydrogen) atoms. The fraction of sp³-hybridized carbons (Fsp3) is 1.00. The van der Waals surface area contributed by atoms with E-state index < -0.39 is 0 Å². The molecule has 2 nitrogen and oxygen atoms in total. The van der Waals surface area contributed by atoms with Crippen LogP contribution in [-0.4, -0.2) is 36.1 Å². The van der Waals surface area contributed by atoms with E-state index in [0.29, 0.717) is 0 Å². The van der Waals surface area contributed by atoms with Crippen LogP contribution >= 0.6 is 0 Å². The molecule has 1 aliphatic carbocycles. The lowest BCUT2D eigenvalue weighted by molar-refractivity contribution is 0.0305. The van der Waals surface area contributed by atoms with Crippen LogP contribution in [0.3, 0.4) is 0 Å². The Labute approximate surface area is 126 Å². The zero-order valence-corrected chi connectivity index (χ0v) is 14.0. The van der Waals surface area contributed by atoms with Gasteiger partial charge >= 0.3 is 0 Å². The van der Waals surface area contributed by atoms with Crippen molar-refractivity contribution in [2.24, 2.45) is 5.92 Å². The van der Waals surface area contributed by atoms with Crippen molar-refractivity contribution in [3.63, 3.8) is 0 Å². The van der Waals surface area contributed by atoms with Crippen molar-refractivity contribution in [1.29, 1.82) is 0 Å². The Morgan fingerprint density at radius 1 is 1.05 bits per heavy atom. The standard InChI is InChI=1S/C18H36N2/c1-4-10-16-14-20(17(5-2)6-3)18(13-19-16)15-11-8-7-9-12-15/h15-19H,4-14H2,1-3H3. The van der Waals surface area contributed by atoms with Crippen molar-refractivity contribution < 1.29 is 0 Å². The van der Waals surface area contributed by atoms with Crippen molar-refractivity contribution in [1.82, 2.24) is 10.2 Å². The third-order valence-corrected chi connectivity index (χ3v) is 5.72. The molecule has 0 aromatic carbocycles. The minimum absolute atomic E-state index is 0.737. The van der Waals surface area contributed by atoms with Crippen LogP contribution in [0.25, 0.3) is 0 Å². The lowest BCUT2D eigenvalue weighted by Crippen LogP contribution is -2.61. The molecule has 2 atom stereocenters. The molecule has 1 aliphatic heterocycles. The summed E-state index contributed by atoms with van der Waals surface area (Å²) in [5.74, 6) is 0.958. The van der Waals surface area contributed by atoms with Crippen LogP contribution in [-0.2, 0) is 0 Å². The molecule has 0 radical (unpaired) electrons. The number of piperazine rings is 1. The summed E-state index contributed by atoms with van der Waals surface area (Å²) in [6.45, 7) is 9.61. The normalized spacial score (nSPS) is 30.0. The van der Waals surface area contributed by atoms with Crippen LogP contribution in [0.4, 0.5) is 0 Å². The van der Waals surface area contributed by atoms with Crippen LogP contribution in [0.1, 0.15) is 78.6 Å². The minimum Gasteiger partial charge on any atom is -0.311 e. The third kappa shape index (κ3) is 3.98. The molecule has 0 aromatic rings. The highest BCUT2D eigenvalue weighted by Gasteiger charge is 2.36. The van der Waals surface area contributed by atoms with Gasteiger partial charge in [-0.3, -0.25) is 4.90 Å². The second-order valence-corrected chi connectivity index (χ2v) is 7.03. The third-order valence-electron chi connectivity index (χ3n) is 5.72. The molecule has 2 unspecified atom stereocenters. The van der Waals surface area contributed by atoms with Gasteiger partial charge in [0.1, 0.15) is 0 Å². The zero-order chi connectivity index (χ0) is 14.4. The van der Waals surface area contributed by atoms with Gasteiger partial charge in [-0.15, -0.1) is 0 Å². The van der Waals surface area contributed by atoms with E-state index >= 15 is 0 Å². The molecular weight excluding hydrogens is 244 g/mol. The number of hydrogen-bond donors (Lipinski definition) is 1. The molecule has 2 rings (SSSR count). The first-order valence-electron chi connectivity index (χ1n) is 9.29. The first kappa shape index (κ1) is 16.3. The SMILES string of the molecule is CCCC1CN(C(CC)CC)C(C2CCCCC2)CN1. The van der Waals surface area contributed by atoms with Gasteiger partial charge in [0.2, 0.25) is 0 Å². The molecule has 0 aromatic heterocycles. The zero-order valence-electron chi connectivity index (χ0n) is 14.0. The Hall–Kier alpha value is -0.0800.